The first-order valence-corrected chi connectivity index (χ1v) is 7.43. The van der Waals surface area contributed by atoms with Crippen LogP contribution in [-0.2, 0) is 4.79 Å². The van der Waals surface area contributed by atoms with Gasteiger partial charge in [-0.15, -0.1) is 0 Å². The Labute approximate surface area is 139 Å². The van der Waals surface area contributed by atoms with E-state index in [9.17, 15) is 9.59 Å². The highest BCUT2D eigenvalue weighted by atomic mass is 16.5. The molecule has 120 valence electrons. The van der Waals surface area contributed by atoms with Crippen molar-refractivity contribution in [2.24, 2.45) is 0 Å². The van der Waals surface area contributed by atoms with Crippen molar-refractivity contribution in [1.29, 1.82) is 5.26 Å². The third-order valence-corrected chi connectivity index (χ3v) is 3.80. The quantitative estimate of drug-likeness (QED) is 0.913. The van der Waals surface area contributed by atoms with Crippen LogP contribution < -0.4 is 15.0 Å². The predicted molar refractivity (Wildman–Crippen MR) is 87.8 cm³/mol. The zero-order valence-electron chi connectivity index (χ0n) is 13.0. The van der Waals surface area contributed by atoms with E-state index in [0.29, 0.717) is 22.6 Å². The number of anilines is 1. The van der Waals surface area contributed by atoms with Crippen molar-refractivity contribution in [2.45, 2.75) is 6.10 Å². The van der Waals surface area contributed by atoms with Crippen LogP contribution in [0.5, 0.6) is 5.75 Å². The van der Waals surface area contributed by atoms with E-state index in [4.69, 9.17) is 10.00 Å². The Morgan fingerprint density at radius 1 is 1.25 bits per heavy atom. The number of benzene rings is 2. The lowest BCUT2D eigenvalue weighted by Crippen LogP contribution is -2.50. The summed E-state index contributed by atoms with van der Waals surface area (Å²) in [5, 5.41) is 11.5. The van der Waals surface area contributed by atoms with Crippen molar-refractivity contribution < 1.29 is 14.3 Å². The fourth-order valence-corrected chi connectivity index (χ4v) is 2.60. The number of hydrogen-bond acceptors (Lipinski definition) is 4. The molecule has 1 aliphatic rings. The lowest BCUT2D eigenvalue weighted by atomic mass is 10.1. The van der Waals surface area contributed by atoms with E-state index in [-0.39, 0.29) is 18.4 Å². The van der Waals surface area contributed by atoms with Crippen LogP contribution in [-0.4, -0.2) is 31.5 Å². The zero-order chi connectivity index (χ0) is 17.1. The molecule has 0 fully saturated rings. The van der Waals surface area contributed by atoms with Gasteiger partial charge in [0.15, 0.2) is 6.10 Å². The largest absolute Gasteiger partial charge is 0.477 e. The Morgan fingerprint density at radius 2 is 2.04 bits per heavy atom. The summed E-state index contributed by atoms with van der Waals surface area (Å²) < 4.78 is 5.69. The Morgan fingerprint density at radius 3 is 2.79 bits per heavy atom. The molecule has 0 aliphatic carbocycles. The van der Waals surface area contributed by atoms with E-state index >= 15 is 0 Å². The average molecular weight is 321 g/mol. The van der Waals surface area contributed by atoms with Crippen LogP contribution >= 0.6 is 0 Å². The van der Waals surface area contributed by atoms with Crippen molar-refractivity contribution in [3.05, 3.63) is 59.7 Å². The van der Waals surface area contributed by atoms with Crippen LogP contribution in [0.4, 0.5) is 5.69 Å². The highest BCUT2D eigenvalue weighted by Crippen LogP contribution is 2.34. The smallest absolute Gasteiger partial charge is 0.262 e. The fraction of sp³-hybridized carbons (Fsp3) is 0.167. The van der Waals surface area contributed by atoms with Gasteiger partial charge in [0.05, 0.1) is 23.9 Å². The minimum Gasteiger partial charge on any atom is -0.477 e. The summed E-state index contributed by atoms with van der Waals surface area (Å²) >= 11 is 0. The monoisotopic (exact) mass is 321 g/mol. The second-order valence-corrected chi connectivity index (χ2v) is 5.30. The number of carbonyl (C=O) groups is 2. The number of ether oxygens (including phenoxy) is 1. The van der Waals surface area contributed by atoms with Crippen LogP contribution in [0.1, 0.15) is 15.9 Å². The predicted octanol–water partition coefficient (Wildman–Crippen LogP) is 1.71. The molecular formula is C18H15N3O3. The third-order valence-electron chi connectivity index (χ3n) is 3.80. The normalized spacial score (nSPS) is 15.7. The number of para-hydroxylation sites is 2. The second-order valence-electron chi connectivity index (χ2n) is 5.30. The minimum absolute atomic E-state index is 0.103. The molecule has 3 rings (SSSR count). The highest BCUT2D eigenvalue weighted by molar-refractivity contribution is 6.08. The minimum atomic E-state index is -0.784. The molecule has 0 bridgehead atoms. The maximum absolute atomic E-state index is 12.9. The van der Waals surface area contributed by atoms with Gasteiger partial charge in [0.1, 0.15) is 5.75 Å². The molecule has 6 heteroatoms. The van der Waals surface area contributed by atoms with Crippen molar-refractivity contribution in [3.63, 3.8) is 0 Å². The zero-order valence-corrected chi connectivity index (χ0v) is 13.0. The Balaban J connectivity index is 2.00. The summed E-state index contributed by atoms with van der Waals surface area (Å²) in [5.41, 5.74) is 1.40. The van der Waals surface area contributed by atoms with Crippen LogP contribution in [0.3, 0.4) is 0 Å². The van der Waals surface area contributed by atoms with Gasteiger partial charge in [-0.3, -0.25) is 9.59 Å². The molecule has 0 unspecified atom stereocenters. The average Bonchev–Trinajstić information content (AvgIpc) is 2.65. The van der Waals surface area contributed by atoms with E-state index in [2.05, 4.69) is 5.32 Å². The maximum Gasteiger partial charge on any atom is 0.262 e. The molecule has 0 radical (unpaired) electrons. The first-order chi connectivity index (χ1) is 11.6. The molecule has 1 atom stereocenters. The van der Waals surface area contributed by atoms with Gasteiger partial charge in [-0.05, 0) is 30.3 Å². The number of nitriles is 1. The standard InChI is InChI=1S/C18H15N3O3/c1-20-17(22)16-11-21(14-7-2-3-8-15(14)24-16)18(23)13-6-4-5-12(9-13)10-19/h2-9,16H,11H2,1H3,(H,20,22)/t16-/m1/s1. The van der Waals surface area contributed by atoms with E-state index in [1.165, 1.54) is 18.0 Å². The summed E-state index contributed by atoms with van der Waals surface area (Å²) in [6.45, 7) is 0.103. The first kappa shape index (κ1) is 15.6. The lowest BCUT2D eigenvalue weighted by Gasteiger charge is -2.34. The van der Waals surface area contributed by atoms with Crippen molar-refractivity contribution >= 4 is 17.5 Å². The summed E-state index contributed by atoms with van der Waals surface area (Å²) in [7, 11) is 1.52. The number of fused-ring (bicyclic) bond motifs is 1. The SMILES string of the molecule is CNC(=O)[C@H]1CN(C(=O)c2cccc(C#N)c2)c2ccccc2O1. The Hall–Kier alpha value is -3.33. The van der Waals surface area contributed by atoms with Crippen molar-refractivity contribution in [2.75, 3.05) is 18.5 Å². The van der Waals surface area contributed by atoms with E-state index in [1.54, 1.807) is 42.5 Å². The molecule has 0 spiro atoms. The van der Waals surface area contributed by atoms with Gasteiger partial charge in [-0.25, -0.2) is 0 Å². The van der Waals surface area contributed by atoms with Gasteiger partial charge in [0.25, 0.3) is 11.8 Å². The number of carbonyl (C=O) groups excluding carboxylic acids is 2. The second kappa shape index (κ2) is 6.42. The lowest BCUT2D eigenvalue weighted by molar-refractivity contribution is -0.127. The molecule has 1 heterocycles. The topological polar surface area (TPSA) is 82.4 Å². The number of amides is 2. The first-order valence-electron chi connectivity index (χ1n) is 7.43. The molecule has 2 aromatic rings. The maximum atomic E-state index is 12.9. The summed E-state index contributed by atoms with van der Waals surface area (Å²) in [6, 6.07) is 15.6. The van der Waals surface area contributed by atoms with Gasteiger partial charge < -0.3 is 15.0 Å². The summed E-state index contributed by atoms with van der Waals surface area (Å²) in [6.07, 6.45) is -0.784. The molecule has 1 N–H and O–H groups in total. The van der Waals surface area contributed by atoms with E-state index in [1.807, 2.05) is 6.07 Å². The van der Waals surface area contributed by atoms with Gasteiger partial charge >= 0.3 is 0 Å². The van der Waals surface area contributed by atoms with Crippen molar-refractivity contribution in [3.8, 4) is 11.8 Å². The van der Waals surface area contributed by atoms with Crippen LogP contribution in [0.15, 0.2) is 48.5 Å². The van der Waals surface area contributed by atoms with Gasteiger partial charge in [-0.2, -0.15) is 5.26 Å². The summed E-state index contributed by atoms with van der Waals surface area (Å²) in [5.74, 6) is -0.105. The molecule has 2 aromatic carbocycles. The number of rotatable bonds is 2. The number of nitrogens with zero attached hydrogens (tertiary/aromatic N) is 2. The third kappa shape index (κ3) is 2.79. The molecule has 0 aromatic heterocycles. The fourth-order valence-electron chi connectivity index (χ4n) is 2.60. The van der Waals surface area contributed by atoms with Gasteiger partial charge in [0.2, 0.25) is 0 Å². The molecule has 1 aliphatic heterocycles. The molecule has 6 nitrogen and oxygen atoms in total. The van der Waals surface area contributed by atoms with Crippen LogP contribution in [0.2, 0.25) is 0 Å². The van der Waals surface area contributed by atoms with Crippen molar-refractivity contribution in [1.82, 2.24) is 5.32 Å². The Bertz CT molecular complexity index is 841. The number of nitrogens with one attached hydrogen (secondary N) is 1. The molecule has 0 saturated heterocycles. The Kier molecular flexibility index (Phi) is 4.17. The highest BCUT2D eigenvalue weighted by Gasteiger charge is 2.33. The molecule has 24 heavy (non-hydrogen) atoms. The van der Waals surface area contributed by atoms with Crippen LogP contribution in [0.25, 0.3) is 0 Å². The molecule has 0 saturated carbocycles. The number of likely N-dealkylation sites (N-methyl/N-ethyl adjacent to an activating group) is 1. The van der Waals surface area contributed by atoms with Gasteiger partial charge in [-0.1, -0.05) is 18.2 Å². The summed E-state index contributed by atoms with van der Waals surface area (Å²) in [4.78, 5) is 26.4. The number of hydrogen-bond donors (Lipinski definition) is 1. The van der Waals surface area contributed by atoms with E-state index < -0.39 is 6.10 Å². The molecule has 2 amide bonds. The van der Waals surface area contributed by atoms with E-state index in [0.717, 1.165) is 0 Å². The van der Waals surface area contributed by atoms with Crippen LogP contribution in [0, 0.1) is 11.3 Å². The molecular weight excluding hydrogens is 306 g/mol. The van der Waals surface area contributed by atoms with Gasteiger partial charge in [0, 0.05) is 12.6 Å².